The Bertz CT molecular complexity index is 680. The number of nitrogens with zero attached hydrogens (tertiary/aromatic N) is 3. The highest BCUT2D eigenvalue weighted by Gasteiger charge is 2.13. The highest BCUT2D eigenvalue weighted by Crippen LogP contribution is 2.28. The molecule has 0 saturated heterocycles. The quantitative estimate of drug-likeness (QED) is 0.756. The predicted molar refractivity (Wildman–Crippen MR) is 87.7 cm³/mol. The van der Waals surface area contributed by atoms with E-state index in [2.05, 4.69) is 16.9 Å². The maximum atomic E-state index is 9.44. The van der Waals surface area contributed by atoms with Gasteiger partial charge < -0.3 is 14.6 Å². The minimum Gasteiger partial charge on any atom is -0.493 e. The summed E-state index contributed by atoms with van der Waals surface area (Å²) in [6.07, 6.45) is 1.52. The molecule has 0 unspecified atom stereocenters. The second-order valence-corrected chi connectivity index (χ2v) is 5.45. The minimum absolute atomic E-state index is 0.114. The molecular weight excluding hydrogens is 294 g/mol. The van der Waals surface area contributed by atoms with Crippen molar-refractivity contribution >= 4 is 0 Å². The number of rotatable bonds is 8. The third-order valence-electron chi connectivity index (χ3n) is 3.59. The summed E-state index contributed by atoms with van der Waals surface area (Å²) in [5.41, 5.74) is 3.67. The Morgan fingerprint density at radius 3 is 2.57 bits per heavy atom. The zero-order chi connectivity index (χ0) is 16.8. The van der Waals surface area contributed by atoms with Gasteiger partial charge in [0.1, 0.15) is 5.69 Å². The Kier molecular flexibility index (Phi) is 5.76. The second kappa shape index (κ2) is 7.78. The summed E-state index contributed by atoms with van der Waals surface area (Å²) in [6, 6.07) is 5.86. The van der Waals surface area contributed by atoms with Gasteiger partial charge in [-0.15, -0.1) is 5.10 Å². The number of aromatic nitrogens is 3. The lowest BCUT2D eigenvalue weighted by molar-refractivity contribution is 0.275. The lowest BCUT2D eigenvalue weighted by Gasteiger charge is -2.11. The van der Waals surface area contributed by atoms with Gasteiger partial charge in [0.25, 0.3) is 0 Å². The van der Waals surface area contributed by atoms with Gasteiger partial charge in [-0.2, -0.15) is 0 Å². The number of benzene rings is 1. The summed E-state index contributed by atoms with van der Waals surface area (Å²) in [5, 5.41) is 17.6. The monoisotopic (exact) mass is 317 g/mol. The van der Waals surface area contributed by atoms with Crippen molar-refractivity contribution in [1.82, 2.24) is 15.0 Å². The van der Waals surface area contributed by atoms with Crippen molar-refractivity contribution in [1.29, 1.82) is 0 Å². The second-order valence-electron chi connectivity index (χ2n) is 5.45. The molecule has 0 fully saturated rings. The van der Waals surface area contributed by atoms with Crippen LogP contribution in [0.25, 0.3) is 0 Å². The Morgan fingerprint density at radius 2 is 1.96 bits per heavy atom. The normalized spacial score (nSPS) is 10.6. The van der Waals surface area contributed by atoms with E-state index in [1.165, 1.54) is 0 Å². The molecule has 2 rings (SSSR count). The van der Waals surface area contributed by atoms with Crippen molar-refractivity contribution in [3.8, 4) is 11.5 Å². The van der Waals surface area contributed by atoms with Crippen LogP contribution in [0.1, 0.15) is 23.9 Å². The molecule has 0 spiro atoms. The van der Waals surface area contributed by atoms with Crippen LogP contribution in [0.15, 0.2) is 30.4 Å². The average Bonchev–Trinajstić information content (AvgIpc) is 2.93. The van der Waals surface area contributed by atoms with Gasteiger partial charge in [-0.1, -0.05) is 23.4 Å². The Hall–Kier alpha value is -2.34. The molecule has 1 N–H and O–H groups in total. The van der Waals surface area contributed by atoms with E-state index in [-0.39, 0.29) is 6.61 Å². The highest BCUT2D eigenvalue weighted by atomic mass is 16.5. The number of aliphatic hydroxyl groups is 1. The van der Waals surface area contributed by atoms with Gasteiger partial charge in [-0.05, 0) is 37.5 Å². The topological polar surface area (TPSA) is 69.4 Å². The number of hydrogen-bond donors (Lipinski definition) is 1. The third-order valence-corrected chi connectivity index (χ3v) is 3.59. The molecule has 0 atom stereocenters. The van der Waals surface area contributed by atoms with Crippen LogP contribution in [0.3, 0.4) is 0 Å². The Morgan fingerprint density at radius 1 is 1.22 bits per heavy atom. The molecule has 6 heteroatoms. The van der Waals surface area contributed by atoms with E-state index >= 15 is 0 Å². The molecular formula is C17H23N3O3. The first-order valence-corrected chi connectivity index (χ1v) is 7.46. The van der Waals surface area contributed by atoms with Crippen molar-refractivity contribution in [2.24, 2.45) is 0 Å². The first-order chi connectivity index (χ1) is 11.1. The third kappa shape index (κ3) is 4.10. The maximum absolute atomic E-state index is 9.44. The maximum Gasteiger partial charge on any atom is 0.160 e. The molecule has 0 radical (unpaired) electrons. The summed E-state index contributed by atoms with van der Waals surface area (Å²) in [7, 11) is 3.24. The van der Waals surface area contributed by atoms with Gasteiger partial charge in [0.05, 0.1) is 33.1 Å². The molecule has 1 aromatic heterocycles. The molecule has 0 saturated carbocycles. The number of ether oxygens (including phenoxy) is 2. The van der Waals surface area contributed by atoms with E-state index in [9.17, 15) is 5.11 Å². The number of aryl methyl sites for hydroxylation is 1. The van der Waals surface area contributed by atoms with Crippen molar-refractivity contribution in [2.45, 2.75) is 32.9 Å². The van der Waals surface area contributed by atoms with Gasteiger partial charge in [0, 0.05) is 0 Å². The SMILES string of the molecule is C=C(C)Cn1nnc(CO)c1CCc1ccc(OC)c(OC)c1. The van der Waals surface area contributed by atoms with Crippen LogP contribution >= 0.6 is 0 Å². The van der Waals surface area contributed by atoms with E-state index in [1.807, 2.05) is 25.1 Å². The Balaban J connectivity index is 2.17. The zero-order valence-electron chi connectivity index (χ0n) is 13.9. The molecule has 0 bridgehead atoms. The fourth-order valence-corrected chi connectivity index (χ4v) is 2.45. The summed E-state index contributed by atoms with van der Waals surface area (Å²) in [4.78, 5) is 0. The lowest BCUT2D eigenvalue weighted by Crippen LogP contribution is -2.08. The van der Waals surface area contributed by atoms with Crippen LogP contribution in [0.5, 0.6) is 11.5 Å². The van der Waals surface area contributed by atoms with Gasteiger partial charge in [0.2, 0.25) is 0 Å². The van der Waals surface area contributed by atoms with Gasteiger partial charge >= 0.3 is 0 Å². The van der Waals surface area contributed by atoms with Crippen molar-refractivity contribution in [3.05, 3.63) is 47.3 Å². The van der Waals surface area contributed by atoms with Crippen molar-refractivity contribution in [2.75, 3.05) is 14.2 Å². The standard InChI is InChI=1S/C17H23N3O3/c1-12(2)10-20-15(14(11-21)18-19-20)7-5-13-6-8-16(22-3)17(9-13)23-4/h6,8-9,21H,1,5,7,10-11H2,2-4H3. The summed E-state index contributed by atoms with van der Waals surface area (Å²) in [6.45, 7) is 6.34. The van der Waals surface area contributed by atoms with E-state index in [4.69, 9.17) is 9.47 Å². The number of aliphatic hydroxyl groups excluding tert-OH is 1. The molecule has 2 aromatic rings. The van der Waals surface area contributed by atoms with Crippen molar-refractivity contribution < 1.29 is 14.6 Å². The molecule has 0 aliphatic heterocycles. The molecule has 0 amide bonds. The summed E-state index contributed by atoms with van der Waals surface area (Å²) in [5.74, 6) is 1.42. The molecule has 1 aromatic carbocycles. The first kappa shape index (κ1) is 17.0. The zero-order valence-corrected chi connectivity index (χ0v) is 13.9. The summed E-state index contributed by atoms with van der Waals surface area (Å²) < 4.78 is 12.4. The van der Waals surface area contributed by atoms with Crippen LogP contribution in [0.2, 0.25) is 0 Å². The van der Waals surface area contributed by atoms with Crippen LogP contribution in [0, 0.1) is 0 Å². The average molecular weight is 317 g/mol. The molecule has 124 valence electrons. The van der Waals surface area contributed by atoms with Crippen molar-refractivity contribution in [3.63, 3.8) is 0 Å². The highest BCUT2D eigenvalue weighted by molar-refractivity contribution is 5.43. The van der Waals surface area contributed by atoms with Gasteiger partial charge in [-0.25, -0.2) is 4.68 Å². The summed E-state index contributed by atoms with van der Waals surface area (Å²) >= 11 is 0. The fourth-order valence-electron chi connectivity index (χ4n) is 2.45. The van der Waals surface area contributed by atoms with Crippen LogP contribution in [-0.4, -0.2) is 34.3 Å². The van der Waals surface area contributed by atoms with E-state index in [1.54, 1.807) is 18.9 Å². The molecule has 6 nitrogen and oxygen atoms in total. The van der Waals surface area contributed by atoms with Crippen LogP contribution in [0.4, 0.5) is 0 Å². The lowest BCUT2D eigenvalue weighted by atomic mass is 10.1. The largest absolute Gasteiger partial charge is 0.493 e. The molecule has 0 aliphatic rings. The number of hydrogen-bond acceptors (Lipinski definition) is 5. The number of allylic oxidation sites excluding steroid dienone is 1. The Labute approximate surface area is 136 Å². The van der Waals surface area contributed by atoms with E-state index in [0.29, 0.717) is 23.7 Å². The fraction of sp³-hybridized carbons (Fsp3) is 0.412. The molecule has 0 aliphatic carbocycles. The van der Waals surface area contributed by atoms with E-state index < -0.39 is 0 Å². The molecule has 1 heterocycles. The first-order valence-electron chi connectivity index (χ1n) is 7.46. The smallest absolute Gasteiger partial charge is 0.160 e. The van der Waals surface area contributed by atoms with Gasteiger partial charge in [-0.3, -0.25) is 0 Å². The van der Waals surface area contributed by atoms with Gasteiger partial charge in [0.15, 0.2) is 11.5 Å². The van der Waals surface area contributed by atoms with Crippen LogP contribution < -0.4 is 9.47 Å². The minimum atomic E-state index is -0.114. The number of methoxy groups -OCH3 is 2. The predicted octanol–water partition coefficient (Wildman–Crippen LogP) is 2.15. The molecule has 23 heavy (non-hydrogen) atoms. The van der Waals surface area contributed by atoms with E-state index in [0.717, 1.165) is 29.7 Å². The van der Waals surface area contributed by atoms with Crippen LogP contribution in [-0.2, 0) is 26.0 Å².